The van der Waals surface area contributed by atoms with Gasteiger partial charge in [0.1, 0.15) is 5.60 Å². The van der Waals surface area contributed by atoms with Gasteiger partial charge in [0.05, 0.1) is 12.4 Å². The Hall–Kier alpha value is -0.0600. The molecule has 1 atom stereocenters. The number of carboxylic acids is 1. The van der Waals surface area contributed by atoms with Crippen molar-refractivity contribution in [3.05, 3.63) is 0 Å². The molecule has 0 radical (unpaired) electrons. The Kier molecular flexibility index (Phi) is 12.0. The number of carbonyl (C=O) groups is 2. The van der Waals surface area contributed by atoms with Gasteiger partial charge in [0.25, 0.3) is 0 Å². The number of unbranched alkanes of at least 4 members (excludes halogenated alkanes) is 3. The van der Waals surface area contributed by atoms with Crippen LogP contribution in [0.3, 0.4) is 0 Å². The average molecular weight is 280 g/mol. The van der Waals surface area contributed by atoms with Crippen LogP contribution in [0.25, 0.3) is 0 Å². The van der Waals surface area contributed by atoms with Crippen LogP contribution >= 0.6 is 0 Å². The monoisotopic (exact) mass is 280 g/mol. The van der Waals surface area contributed by atoms with E-state index in [9.17, 15) is 14.7 Å². The molecule has 0 heterocycles. The molecule has 0 spiro atoms. The molecule has 0 aliphatic heterocycles. The molecule has 0 rings (SSSR count). The average Bonchev–Trinajstić information content (AvgIpc) is 2.22. The maximum atomic E-state index is 11.4. The summed E-state index contributed by atoms with van der Waals surface area (Å²) < 4.78 is 5.33. The SMILES string of the molecule is CCCCCCC(C)(OC(=O)CC(=O)[O-])C(C)C.[Na+]. The van der Waals surface area contributed by atoms with E-state index in [1.165, 1.54) is 6.42 Å². The normalized spacial score (nSPS) is 13.5. The Morgan fingerprint density at radius 3 is 2.21 bits per heavy atom. The number of carbonyl (C=O) groups excluding carboxylic acids is 2. The summed E-state index contributed by atoms with van der Waals surface area (Å²) >= 11 is 0. The van der Waals surface area contributed by atoms with Crippen molar-refractivity contribution in [2.75, 3.05) is 0 Å². The van der Waals surface area contributed by atoms with Crippen LogP contribution in [0.1, 0.15) is 66.2 Å². The summed E-state index contributed by atoms with van der Waals surface area (Å²) in [5.41, 5.74) is -0.583. The maximum Gasteiger partial charge on any atom is 1.00 e. The van der Waals surface area contributed by atoms with Gasteiger partial charge in [-0.25, -0.2) is 0 Å². The summed E-state index contributed by atoms with van der Waals surface area (Å²) in [6, 6.07) is 0. The zero-order valence-electron chi connectivity index (χ0n) is 13.0. The number of hydrogen-bond donors (Lipinski definition) is 0. The molecular weight excluding hydrogens is 255 g/mol. The quantitative estimate of drug-likeness (QED) is 0.237. The van der Waals surface area contributed by atoms with Crippen molar-refractivity contribution >= 4 is 11.9 Å². The van der Waals surface area contributed by atoms with Crippen LogP contribution in [-0.4, -0.2) is 17.5 Å². The van der Waals surface area contributed by atoms with E-state index in [4.69, 9.17) is 4.74 Å². The van der Waals surface area contributed by atoms with Crippen LogP contribution in [0.15, 0.2) is 0 Å². The molecule has 1 unspecified atom stereocenters. The molecule has 0 aliphatic rings. The first-order valence-electron chi connectivity index (χ1n) is 6.73. The Bertz CT molecular complexity index is 279. The van der Waals surface area contributed by atoms with Gasteiger partial charge in [0.2, 0.25) is 0 Å². The van der Waals surface area contributed by atoms with E-state index < -0.39 is 24.0 Å². The second kappa shape index (κ2) is 10.7. The summed E-state index contributed by atoms with van der Waals surface area (Å²) in [6.45, 7) is 7.97. The molecule has 0 aromatic heterocycles. The van der Waals surface area contributed by atoms with Gasteiger partial charge in [-0.3, -0.25) is 4.79 Å². The zero-order valence-corrected chi connectivity index (χ0v) is 15.0. The Morgan fingerprint density at radius 2 is 1.79 bits per heavy atom. The number of rotatable bonds is 9. The smallest absolute Gasteiger partial charge is 0.550 e. The predicted octanol–water partition coefficient (Wildman–Crippen LogP) is -0.941. The Morgan fingerprint density at radius 1 is 1.21 bits per heavy atom. The van der Waals surface area contributed by atoms with Gasteiger partial charge in [-0.15, -0.1) is 0 Å². The molecule has 0 fully saturated rings. The van der Waals surface area contributed by atoms with E-state index in [2.05, 4.69) is 6.92 Å². The van der Waals surface area contributed by atoms with E-state index in [1.54, 1.807) is 0 Å². The van der Waals surface area contributed by atoms with Crippen LogP contribution in [0, 0.1) is 5.92 Å². The molecule has 0 saturated carbocycles. The minimum absolute atomic E-state index is 0. The topological polar surface area (TPSA) is 66.4 Å². The molecule has 0 aliphatic carbocycles. The van der Waals surface area contributed by atoms with E-state index in [1.807, 2.05) is 20.8 Å². The first-order chi connectivity index (χ1) is 8.31. The zero-order chi connectivity index (χ0) is 14.2. The second-order valence-electron chi connectivity index (χ2n) is 5.30. The van der Waals surface area contributed by atoms with Crippen LogP contribution in [0.2, 0.25) is 0 Å². The molecule has 0 bridgehead atoms. The molecule has 0 aromatic carbocycles. The number of esters is 1. The van der Waals surface area contributed by atoms with E-state index in [-0.39, 0.29) is 35.5 Å². The van der Waals surface area contributed by atoms with Gasteiger partial charge in [-0.1, -0.05) is 40.0 Å². The molecule has 0 saturated heterocycles. The van der Waals surface area contributed by atoms with E-state index in [0.29, 0.717) is 0 Å². The largest absolute Gasteiger partial charge is 1.00 e. The third-order valence-corrected chi connectivity index (χ3v) is 3.38. The Labute approximate surface area is 138 Å². The second-order valence-corrected chi connectivity index (χ2v) is 5.30. The van der Waals surface area contributed by atoms with Crippen molar-refractivity contribution in [2.45, 2.75) is 71.8 Å². The van der Waals surface area contributed by atoms with Crippen LogP contribution in [0.4, 0.5) is 0 Å². The van der Waals surface area contributed by atoms with Crippen LogP contribution < -0.4 is 34.7 Å². The molecule has 5 heteroatoms. The third-order valence-electron chi connectivity index (χ3n) is 3.38. The predicted molar refractivity (Wildman–Crippen MR) is 67.7 cm³/mol. The molecule has 0 amide bonds. The molecule has 0 aromatic rings. The Balaban J connectivity index is 0. The summed E-state index contributed by atoms with van der Waals surface area (Å²) in [4.78, 5) is 21.8. The van der Waals surface area contributed by atoms with Gasteiger partial charge in [-0.05, 0) is 25.7 Å². The molecular formula is C14H25NaO4. The third kappa shape index (κ3) is 9.47. The van der Waals surface area contributed by atoms with Gasteiger partial charge >= 0.3 is 35.5 Å². The summed E-state index contributed by atoms with van der Waals surface area (Å²) in [5.74, 6) is -1.94. The molecule has 19 heavy (non-hydrogen) atoms. The first kappa shape index (κ1) is 21.2. The summed E-state index contributed by atoms with van der Waals surface area (Å²) in [5, 5.41) is 10.4. The van der Waals surface area contributed by atoms with E-state index in [0.717, 1.165) is 25.7 Å². The van der Waals surface area contributed by atoms with Crippen molar-refractivity contribution < 1.29 is 49.0 Å². The van der Waals surface area contributed by atoms with E-state index >= 15 is 0 Å². The van der Waals surface area contributed by atoms with Crippen molar-refractivity contribution in [3.63, 3.8) is 0 Å². The fraction of sp³-hybridized carbons (Fsp3) is 0.857. The van der Waals surface area contributed by atoms with Gasteiger partial charge in [0.15, 0.2) is 0 Å². The molecule has 106 valence electrons. The van der Waals surface area contributed by atoms with Crippen LogP contribution in [0.5, 0.6) is 0 Å². The minimum atomic E-state index is -1.39. The minimum Gasteiger partial charge on any atom is -0.550 e. The fourth-order valence-electron chi connectivity index (χ4n) is 1.77. The van der Waals surface area contributed by atoms with Crippen LogP contribution in [-0.2, 0) is 14.3 Å². The summed E-state index contributed by atoms with van der Waals surface area (Å²) in [7, 11) is 0. The fourth-order valence-corrected chi connectivity index (χ4v) is 1.77. The van der Waals surface area contributed by atoms with Gasteiger partial charge < -0.3 is 14.6 Å². The van der Waals surface area contributed by atoms with Crippen molar-refractivity contribution in [3.8, 4) is 0 Å². The van der Waals surface area contributed by atoms with Gasteiger partial charge in [-0.2, -0.15) is 0 Å². The molecule has 0 N–H and O–H groups in total. The standard InChI is InChI=1S/C14H26O4.Na/c1-5-6-7-8-9-14(4,11(2)3)18-13(17)10-12(15)16;/h11H,5-10H2,1-4H3,(H,15,16);/q;+1/p-1. The number of hydrogen-bond acceptors (Lipinski definition) is 4. The van der Waals surface area contributed by atoms with Crippen molar-refractivity contribution in [2.24, 2.45) is 5.92 Å². The maximum absolute atomic E-state index is 11.4. The van der Waals surface area contributed by atoms with Gasteiger partial charge in [0, 0.05) is 0 Å². The number of carboxylic acid groups (broad SMARTS) is 1. The van der Waals surface area contributed by atoms with Crippen molar-refractivity contribution in [1.29, 1.82) is 0 Å². The number of aliphatic carboxylic acids is 1. The first-order valence-corrected chi connectivity index (χ1v) is 6.73. The number of ether oxygens (including phenoxy) is 1. The molecule has 4 nitrogen and oxygen atoms in total. The summed E-state index contributed by atoms with van der Waals surface area (Å²) in [6.07, 6.45) is 4.52. The van der Waals surface area contributed by atoms with Crippen molar-refractivity contribution in [1.82, 2.24) is 0 Å².